The summed E-state index contributed by atoms with van der Waals surface area (Å²) in [5.74, 6) is -0.289. The Morgan fingerprint density at radius 2 is 2.37 bits per heavy atom. The Labute approximate surface area is 109 Å². The van der Waals surface area contributed by atoms with Gasteiger partial charge in [0.15, 0.2) is 0 Å². The molecule has 7 heteroatoms. The Kier molecular flexibility index (Phi) is 3.37. The molecule has 1 saturated heterocycles. The monoisotopic (exact) mass is 263 g/mol. The van der Waals surface area contributed by atoms with Crippen molar-refractivity contribution in [1.82, 2.24) is 20.2 Å². The van der Waals surface area contributed by atoms with E-state index in [2.05, 4.69) is 20.8 Å². The Morgan fingerprint density at radius 1 is 1.42 bits per heavy atom. The second-order valence-electron chi connectivity index (χ2n) is 4.48. The van der Waals surface area contributed by atoms with Crippen LogP contribution in [0.25, 0.3) is 5.69 Å². The maximum Gasteiger partial charge on any atom is 0.146 e. The first-order valence-electron chi connectivity index (χ1n) is 6.20. The summed E-state index contributed by atoms with van der Waals surface area (Å²) in [7, 11) is 0. The van der Waals surface area contributed by atoms with Crippen molar-refractivity contribution < 1.29 is 9.13 Å². The number of nitrogens with one attached hydrogen (secondary N) is 1. The van der Waals surface area contributed by atoms with E-state index in [-0.39, 0.29) is 11.9 Å². The molecule has 0 saturated carbocycles. The van der Waals surface area contributed by atoms with Crippen LogP contribution in [0, 0.1) is 5.82 Å². The third-order valence-electron chi connectivity index (χ3n) is 3.08. The summed E-state index contributed by atoms with van der Waals surface area (Å²) in [6.45, 7) is 1.39. The summed E-state index contributed by atoms with van der Waals surface area (Å²) >= 11 is 0. The normalized spacial score (nSPS) is 19.3. The second-order valence-corrected chi connectivity index (χ2v) is 4.48. The molecule has 1 aromatic carbocycles. The summed E-state index contributed by atoms with van der Waals surface area (Å²) in [6, 6.07) is 4.88. The van der Waals surface area contributed by atoms with Crippen molar-refractivity contribution in [2.75, 3.05) is 18.5 Å². The van der Waals surface area contributed by atoms with Crippen molar-refractivity contribution in [2.45, 2.75) is 18.9 Å². The molecule has 1 aliphatic heterocycles. The first-order valence-corrected chi connectivity index (χ1v) is 6.20. The quantitative estimate of drug-likeness (QED) is 0.906. The van der Waals surface area contributed by atoms with E-state index in [0.29, 0.717) is 18.0 Å². The summed E-state index contributed by atoms with van der Waals surface area (Å²) in [4.78, 5) is 0. The highest BCUT2D eigenvalue weighted by Crippen LogP contribution is 2.21. The van der Waals surface area contributed by atoms with E-state index in [9.17, 15) is 4.39 Å². The SMILES string of the molecule is Fc1ccc(-n2cnnn2)cc1NC1CCCOC1. The summed E-state index contributed by atoms with van der Waals surface area (Å²) in [5.41, 5.74) is 1.16. The Bertz CT molecular complexity index is 539. The molecule has 1 fully saturated rings. The molecule has 1 aliphatic rings. The van der Waals surface area contributed by atoms with Gasteiger partial charge in [-0.2, -0.15) is 0 Å². The number of anilines is 1. The number of ether oxygens (including phenoxy) is 1. The molecule has 100 valence electrons. The van der Waals surface area contributed by atoms with E-state index in [4.69, 9.17) is 4.74 Å². The van der Waals surface area contributed by atoms with Crippen LogP contribution in [-0.2, 0) is 4.74 Å². The molecule has 2 heterocycles. The largest absolute Gasteiger partial charge is 0.379 e. The average molecular weight is 263 g/mol. The van der Waals surface area contributed by atoms with Crippen LogP contribution < -0.4 is 5.32 Å². The molecule has 1 atom stereocenters. The van der Waals surface area contributed by atoms with Crippen LogP contribution >= 0.6 is 0 Å². The third-order valence-corrected chi connectivity index (χ3v) is 3.08. The predicted molar refractivity (Wildman–Crippen MR) is 66.6 cm³/mol. The Hall–Kier alpha value is -2.02. The summed E-state index contributed by atoms with van der Waals surface area (Å²) in [5, 5.41) is 14.1. The minimum Gasteiger partial charge on any atom is -0.379 e. The predicted octanol–water partition coefficient (Wildman–Crippen LogP) is 1.39. The van der Waals surface area contributed by atoms with Crippen molar-refractivity contribution >= 4 is 5.69 Å². The van der Waals surface area contributed by atoms with E-state index < -0.39 is 0 Å². The third kappa shape index (κ3) is 2.70. The Balaban J connectivity index is 1.81. The molecule has 0 aliphatic carbocycles. The molecule has 0 bridgehead atoms. The van der Waals surface area contributed by atoms with Crippen LogP contribution in [0.3, 0.4) is 0 Å². The maximum absolute atomic E-state index is 13.8. The molecule has 19 heavy (non-hydrogen) atoms. The summed E-state index contributed by atoms with van der Waals surface area (Å²) < 4.78 is 20.7. The zero-order valence-electron chi connectivity index (χ0n) is 10.3. The van der Waals surface area contributed by atoms with Gasteiger partial charge in [0.25, 0.3) is 0 Å². The first kappa shape index (κ1) is 12.0. The molecule has 2 aromatic rings. The van der Waals surface area contributed by atoms with Crippen LogP contribution in [0.4, 0.5) is 10.1 Å². The number of tetrazole rings is 1. The van der Waals surface area contributed by atoms with Crippen LogP contribution in [-0.4, -0.2) is 39.5 Å². The van der Waals surface area contributed by atoms with Gasteiger partial charge in [-0.15, -0.1) is 5.10 Å². The van der Waals surface area contributed by atoms with E-state index in [1.54, 1.807) is 12.1 Å². The zero-order chi connectivity index (χ0) is 13.1. The van der Waals surface area contributed by atoms with Gasteiger partial charge in [-0.1, -0.05) is 0 Å². The molecule has 0 amide bonds. The fraction of sp³-hybridized carbons (Fsp3) is 0.417. The lowest BCUT2D eigenvalue weighted by atomic mass is 10.1. The minimum atomic E-state index is -0.289. The van der Waals surface area contributed by atoms with Gasteiger partial charge >= 0.3 is 0 Å². The molecule has 3 rings (SSSR count). The van der Waals surface area contributed by atoms with Gasteiger partial charge in [-0.25, -0.2) is 9.07 Å². The smallest absolute Gasteiger partial charge is 0.146 e. The van der Waals surface area contributed by atoms with Crippen LogP contribution in [0.2, 0.25) is 0 Å². The maximum atomic E-state index is 13.8. The highest BCUT2D eigenvalue weighted by Gasteiger charge is 2.15. The van der Waals surface area contributed by atoms with Gasteiger partial charge in [-0.3, -0.25) is 0 Å². The number of nitrogens with zero attached hydrogens (tertiary/aromatic N) is 4. The fourth-order valence-corrected chi connectivity index (χ4v) is 2.12. The standard InChI is InChI=1S/C12H14FN5O/c13-11-4-3-10(18-8-14-16-17-18)6-12(11)15-9-2-1-5-19-7-9/h3-4,6,8-9,15H,1-2,5,7H2. The molecule has 1 unspecified atom stereocenters. The van der Waals surface area contributed by atoms with E-state index in [1.807, 2.05) is 0 Å². The second kappa shape index (κ2) is 5.31. The first-order chi connectivity index (χ1) is 9.33. The van der Waals surface area contributed by atoms with Gasteiger partial charge in [0.1, 0.15) is 12.1 Å². The number of rotatable bonds is 3. The lowest BCUT2D eigenvalue weighted by molar-refractivity contribution is 0.0875. The van der Waals surface area contributed by atoms with Crippen LogP contribution in [0.15, 0.2) is 24.5 Å². The topological polar surface area (TPSA) is 64.9 Å². The lowest BCUT2D eigenvalue weighted by Crippen LogP contribution is -2.30. The van der Waals surface area contributed by atoms with Crippen molar-refractivity contribution in [3.63, 3.8) is 0 Å². The highest BCUT2D eigenvalue weighted by molar-refractivity contribution is 5.52. The fourth-order valence-electron chi connectivity index (χ4n) is 2.12. The number of hydrogen-bond acceptors (Lipinski definition) is 5. The van der Waals surface area contributed by atoms with Gasteiger partial charge in [0.05, 0.1) is 18.0 Å². The molecule has 0 spiro atoms. The van der Waals surface area contributed by atoms with Gasteiger partial charge in [0, 0.05) is 12.6 Å². The average Bonchev–Trinajstić information content (AvgIpc) is 2.96. The number of halogens is 1. The zero-order valence-corrected chi connectivity index (χ0v) is 10.3. The number of hydrogen-bond donors (Lipinski definition) is 1. The van der Waals surface area contributed by atoms with Crippen molar-refractivity contribution in [2.24, 2.45) is 0 Å². The molecular weight excluding hydrogens is 249 g/mol. The minimum absolute atomic E-state index is 0.146. The van der Waals surface area contributed by atoms with E-state index in [0.717, 1.165) is 19.4 Å². The summed E-state index contributed by atoms with van der Waals surface area (Å²) in [6.07, 6.45) is 3.45. The molecule has 0 radical (unpaired) electrons. The van der Waals surface area contributed by atoms with Crippen molar-refractivity contribution in [1.29, 1.82) is 0 Å². The Morgan fingerprint density at radius 3 is 3.11 bits per heavy atom. The number of benzene rings is 1. The van der Waals surface area contributed by atoms with Gasteiger partial charge in [-0.05, 0) is 41.5 Å². The molecule has 1 aromatic heterocycles. The van der Waals surface area contributed by atoms with Crippen LogP contribution in [0.1, 0.15) is 12.8 Å². The van der Waals surface area contributed by atoms with Crippen LogP contribution in [0.5, 0.6) is 0 Å². The highest BCUT2D eigenvalue weighted by atomic mass is 19.1. The van der Waals surface area contributed by atoms with Crippen molar-refractivity contribution in [3.8, 4) is 5.69 Å². The number of aromatic nitrogens is 4. The lowest BCUT2D eigenvalue weighted by Gasteiger charge is -2.24. The molecule has 1 N–H and O–H groups in total. The molecule has 6 nitrogen and oxygen atoms in total. The van der Waals surface area contributed by atoms with E-state index >= 15 is 0 Å². The van der Waals surface area contributed by atoms with Crippen molar-refractivity contribution in [3.05, 3.63) is 30.3 Å². The molecular formula is C12H14FN5O. The van der Waals surface area contributed by atoms with Gasteiger partial charge < -0.3 is 10.1 Å². The van der Waals surface area contributed by atoms with Gasteiger partial charge in [0.2, 0.25) is 0 Å². The van der Waals surface area contributed by atoms with E-state index in [1.165, 1.54) is 17.1 Å².